The lowest BCUT2D eigenvalue weighted by atomic mass is 10.1. The maximum absolute atomic E-state index is 12.5. The number of amides is 3. The number of thiophene rings is 1. The molecular weight excluding hydrogens is 420 g/mol. The van der Waals surface area contributed by atoms with Gasteiger partial charge in [-0.05, 0) is 48.2 Å². The van der Waals surface area contributed by atoms with Crippen molar-refractivity contribution in [2.75, 3.05) is 13.1 Å². The van der Waals surface area contributed by atoms with Crippen LogP contribution in [0.1, 0.15) is 40.1 Å². The monoisotopic (exact) mass is 442 g/mol. The highest BCUT2D eigenvalue weighted by molar-refractivity contribution is 8.18. The van der Waals surface area contributed by atoms with Gasteiger partial charge in [-0.3, -0.25) is 24.1 Å². The summed E-state index contributed by atoms with van der Waals surface area (Å²) in [5, 5.41) is 4.22. The number of thioether (sulfide) groups is 1. The van der Waals surface area contributed by atoms with Crippen LogP contribution in [-0.2, 0) is 9.59 Å². The van der Waals surface area contributed by atoms with Gasteiger partial charge in [0.05, 0.1) is 9.78 Å². The third kappa shape index (κ3) is 5.90. The number of Topliss-reactive ketones (excluding diaryl/α,β-unsaturated/α-hetero) is 1. The SMILES string of the molecule is Cc1ccc(/C=C2\SC(=O)N(CCNC(=O)CCCC(=O)c3cccs3)C2=O)cc1. The molecule has 1 N–H and O–H groups in total. The summed E-state index contributed by atoms with van der Waals surface area (Å²) >= 11 is 2.30. The zero-order chi connectivity index (χ0) is 21.5. The first-order chi connectivity index (χ1) is 14.4. The predicted molar refractivity (Wildman–Crippen MR) is 119 cm³/mol. The van der Waals surface area contributed by atoms with Crippen molar-refractivity contribution in [1.82, 2.24) is 10.2 Å². The van der Waals surface area contributed by atoms with E-state index in [0.29, 0.717) is 22.6 Å². The Labute approximate surface area is 183 Å². The summed E-state index contributed by atoms with van der Waals surface area (Å²) in [6.45, 7) is 2.29. The van der Waals surface area contributed by atoms with Gasteiger partial charge in [-0.2, -0.15) is 0 Å². The predicted octanol–water partition coefficient (Wildman–Crippen LogP) is 4.26. The number of ketones is 1. The van der Waals surface area contributed by atoms with E-state index in [2.05, 4.69) is 5.32 Å². The van der Waals surface area contributed by atoms with Crippen LogP contribution >= 0.6 is 23.1 Å². The maximum Gasteiger partial charge on any atom is 0.293 e. The van der Waals surface area contributed by atoms with E-state index in [1.54, 1.807) is 12.1 Å². The number of carbonyl (C=O) groups excluding carboxylic acids is 4. The standard InChI is InChI=1S/C22H22N2O4S2/c1-15-7-9-16(10-8-15)14-19-21(27)24(22(28)30-19)12-11-23-20(26)6-2-4-17(25)18-5-3-13-29-18/h3,5,7-10,13-14H,2,4,6,11-12H2,1H3,(H,23,26)/b19-14-. The van der Waals surface area contributed by atoms with Crippen molar-refractivity contribution in [3.63, 3.8) is 0 Å². The molecule has 30 heavy (non-hydrogen) atoms. The quantitative estimate of drug-likeness (QED) is 0.463. The van der Waals surface area contributed by atoms with Gasteiger partial charge in [0.2, 0.25) is 5.91 Å². The number of carbonyl (C=O) groups is 4. The number of hydrogen-bond acceptors (Lipinski definition) is 6. The zero-order valence-electron chi connectivity index (χ0n) is 16.6. The molecule has 0 unspecified atom stereocenters. The molecule has 1 aliphatic heterocycles. The van der Waals surface area contributed by atoms with Gasteiger partial charge in [0.25, 0.3) is 11.1 Å². The molecule has 1 saturated heterocycles. The average molecular weight is 443 g/mol. The minimum atomic E-state index is -0.346. The second-order valence-corrected chi connectivity index (χ2v) is 8.79. The molecule has 0 aliphatic carbocycles. The summed E-state index contributed by atoms with van der Waals surface area (Å²) < 4.78 is 0. The third-order valence-electron chi connectivity index (χ3n) is 4.51. The Morgan fingerprint density at radius 2 is 1.87 bits per heavy atom. The molecule has 0 radical (unpaired) electrons. The average Bonchev–Trinajstić information content (AvgIpc) is 3.34. The van der Waals surface area contributed by atoms with E-state index >= 15 is 0 Å². The number of nitrogens with one attached hydrogen (secondary N) is 1. The smallest absolute Gasteiger partial charge is 0.293 e. The molecule has 1 fully saturated rings. The normalized spacial score (nSPS) is 15.1. The Hall–Kier alpha value is -2.71. The molecule has 8 heteroatoms. The van der Waals surface area contributed by atoms with Crippen molar-refractivity contribution in [2.45, 2.75) is 26.2 Å². The maximum atomic E-state index is 12.5. The Morgan fingerprint density at radius 3 is 2.57 bits per heavy atom. The van der Waals surface area contributed by atoms with E-state index in [1.165, 1.54) is 11.3 Å². The van der Waals surface area contributed by atoms with E-state index in [-0.39, 0.29) is 42.3 Å². The second kappa shape index (κ2) is 10.4. The molecule has 156 valence electrons. The van der Waals surface area contributed by atoms with Crippen molar-refractivity contribution < 1.29 is 19.2 Å². The van der Waals surface area contributed by atoms with Crippen LogP contribution in [0.25, 0.3) is 6.08 Å². The summed E-state index contributed by atoms with van der Waals surface area (Å²) in [5.74, 6) is -0.506. The van der Waals surface area contributed by atoms with Gasteiger partial charge in [0.15, 0.2) is 5.78 Å². The van der Waals surface area contributed by atoms with Crippen molar-refractivity contribution >= 4 is 52.0 Å². The fourth-order valence-corrected chi connectivity index (χ4v) is 4.43. The fraction of sp³-hybridized carbons (Fsp3) is 0.273. The van der Waals surface area contributed by atoms with Gasteiger partial charge >= 0.3 is 0 Å². The molecule has 2 heterocycles. The van der Waals surface area contributed by atoms with E-state index in [1.807, 2.05) is 42.6 Å². The van der Waals surface area contributed by atoms with Crippen molar-refractivity contribution in [2.24, 2.45) is 0 Å². The number of rotatable bonds is 9. The minimum Gasteiger partial charge on any atom is -0.354 e. The molecule has 1 aliphatic rings. The van der Waals surface area contributed by atoms with Crippen LogP contribution in [0.15, 0.2) is 46.7 Å². The highest BCUT2D eigenvalue weighted by Gasteiger charge is 2.34. The minimum absolute atomic E-state index is 0.0379. The van der Waals surface area contributed by atoms with Crippen LogP contribution < -0.4 is 5.32 Å². The van der Waals surface area contributed by atoms with Crippen molar-refractivity contribution in [1.29, 1.82) is 0 Å². The molecule has 3 rings (SSSR count). The summed E-state index contributed by atoms with van der Waals surface area (Å²) in [4.78, 5) is 50.7. The molecule has 6 nitrogen and oxygen atoms in total. The highest BCUT2D eigenvalue weighted by Crippen LogP contribution is 2.31. The lowest BCUT2D eigenvalue weighted by molar-refractivity contribution is -0.124. The third-order valence-corrected chi connectivity index (χ3v) is 6.33. The number of benzene rings is 1. The molecule has 3 amide bonds. The molecule has 2 aromatic rings. The number of aryl methyl sites for hydroxylation is 1. The Morgan fingerprint density at radius 1 is 1.10 bits per heavy atom. The topological polar surface area (TPSA) is 83.6 Å². The molecule has 1 aromatic heterocycles. The summed E-state index contributed by atoms with van der Waals surface area (Å²) in [6.07, 6.45) is 2.71. The largest absolute Gasteiger partial charge is 0.354 e. The first-order valence-corrected chi connectivity index (χ1v) is 11.3. The lowest BCUT2D eigenvalue weighted by Crippen LogP contribution is -2.37. The highest BCUT2D eigenvalue weighted by atomic mass is 32.2. The molecule has 0 atom stereocenters. The van der Waals surface area contributed by atoms with E-state index in [9.17, 15) is 19.2 Å². The van der Waals surface area contributed by atoms with Crippen LogP contribution in [-0.4, -0.2) is 40.8 Å². The Balaban J connectivity index is 1.41. The summed E-state index contributed by atoms with van der Waals surface area (Å²) in [7, 11) is 0. The zero-order valence-corrected chi connectivity index (χ0v) is 18.2. The van der Waals surface area contributed by atoms with Crippen LogP contribution in [0.3, 0.4) is 0 Å². The van der Waals surface area contributed by atoms with Gasteiger partial charge < -0.3 is 5.32 Å². The first kappa shape index (κ1) is 22.0. The lowest BCUT2D eigenvalue weighted by Gasteiger charge is -2.13. The fourth-order valence-electron chi connectivity index (χ4n) is 2.87. The second-order valence-electron chi connectivity index (χ2n) is 6.85. The number of imide groups is 1. The number of hydrogen-bond donors (Lipinski definition) is 1. The molecule has 0 saturated carbocycles. The molecular formula is C22H22N2O4S2. The molecule has 0 spiro atoms. The van der Waals surface area contributed by atoms with Crippen molar-refractivity contribution in [3.8, 4) is 0 Å². The van der Waals surface area contributed by atoms with Crippen LogP contribution in [0.2, 0.25) is 0 Å². The Bertz CT molecular complexity index is 966. The molecule has 0 bridgehead atoms. The van der Waals surface area contributed by atoms with E-state index in [0.717, 1.165) is 27.8 Å². The van der Waals surface area contributed by atoms with Crippen LogP contribution in [0.4, 0.5) is 4.79 Å². The first-order valence-electron chi connectivity index (χ1n) is 9.59. The van der Waals surface area contributed by atoms with E-state index in [4.69, 9.17) is 0 Å². The summed E-state index contributed by atoms with van der Waals surface area (Å²) in [6, 6.07) is 11.3. The van der Waals surface area contributed by atoms with Crippen LogP contribution in [0, 0.1) is 6.92 Å². The van der Waals surface area contributed by atoms with Gasteiger partial charge in [0, 0.05) is 25.9 Å². The van der Waals surface area contributed by atoms with Gasteiger partial charge in [0.1, 0.15) is 0 Å². The molecule has 1 aromatic carbocycles. The number of nitrogens with zero attached hydrogens (tertiary/aromatic N) is 1. The summed E-state index contributed by atoms with van der Waals surface area (Å²) in [5.41, 5.74) is 1.98. The van der Waals surface area contributed by atoms with Gasteiger partial charge in [-0.15, -0.1) is 11.3 Å². The Kier molecular flexibility index (Phi) is 7.59. The van der Waals surface area contributed by atoms with E-state index < -0.39 is 0 Å². The van der Waals surface area contributed by atoms with Gasteiger partial charge in [-0.1, -0.05) is 35.9 Å². The van der Waals surface area contributed by atoms with Crippen molar-refractivity contribution in [3.05, 3.63) is 62.7 Å². The van der Waals surface area contributed by atoms with Gasteiger partial charge in [-0.25, -0.2) is 0 Å². The van der Waals surface area contributed by atoms with Crippen LogP contribution in [0.5, 0.6) is 0 Å².